The lowest BCUT2D eigenvalue weighted by Gasteiger charge is -2.16. The zero-order chi connectivity index (χ0) is 18.6. The second kappa shape index (κ2) is 7.83. The van der Waals surface area contributed by atoms with E-state index in [4.69, 9.17) is 5.73 Å². The van der Waals surface area contributed by atoms with Crippen LogP contribution in [0.3, 0.4) is 0 Å². The number of nitrogens with two attached hydrogens (primary N) is 1. The van der Waals surface area contributed by atoms with Crippen LogP contribution in [-0.2, 0) is 14.8 Å². The van der Waals surface area contributed by atoms with Crippen LogP contribution in [0.2, 0.25) is 0 Å². The Morgan fingerprint density at radius 1 is 1.28 bits per heavy atom. The van der Waals surface area contributed by atoms with E-state index >= 15 is 0 Å². The molecule has 1 heterocycles. The number of rotatable bonds is 5. The molecule has 1 aromatic carbocycles. The van der Waals surface area contributed by atoms with E-state index in [-0.39, 0.29) is 28.1 Å². The molecule has 0 bridgehead atoms. The van der Waals surface area contributed by atoms with Gasteiger partial charge in [0.2, 0.25) is 15.9 Å². The fourth-order valence-corrected chi connectivity index (χ4v) is 3.94. The van der Waals surface area contributed by atoms with E-state index in [1.54, 1.807) is 13.8 Å². The third kappa shape index (κ3) is 5.17. The Kier molecular flexibility index (Phi) is 6.02. The highest BCUT2D eigenvalue weighted by atomic mass is 32.2. The van der Waals surface area contributed by atoms with Crippen molar-refractivity contribution in [3.63, 3.8) is 0 Å². The number of nitrogens with one attached hydrogen (secondary N) is 3. The van der Waals surface area contributed by atoms with E-state index in [2.05, 4.69) is 15.4 Å². The summed E-state index contributed by atoms with van der Waals surface area (Å²) in [6.45, 7) is 3.98. The van der Waals surface area contributed by atoms with E-state index in [9.17, 15) is 18.0 Å². The molecule has 9 heteroatoms. The molecule has 8 nitrogen and oxygen atoms in total. The lowest BCUT2D eigenvalue weighted by atomic mass is 10.1. The first-order valence-electron chi connectivity index (χ1n) is 8.20. The van der Waals surface area contributed by atoms with Crippen molar-refractivity contribution in [3.05, 3.63) is 23.8 Å². The van der Waals surface area contributed by atoms with Crippen LogP contribution in [-0.4, -0.2) is 38.9 Å². The number of sulfonamides is 1. The lowest BCUT2D eigenvalue weighted by Crippen LogP contribution is -2.45. The standard InChI is InChI=1S/C16H24N4O4S/c1-10(2)20-25(23,24)13-8-11(7-12(17)9-13)15(21)19-14-5-3-4-6-18-16(14)22/h7-10,14,20H,3-6,17H2,1-2H3,(H,18,22)(H,19,21)/t14-/m0/s1. The molecule has 2 rings (SSSR count). The van der Waals surface area contributed by atoms with Gasteiger partial charge in [0.15, 0.2) is 0 Å². The van der Waals surface area contributed by atoms with Crippen LogP contribution in [0, 0.1) is 0 Å². The largest absolute Gasteiger partial charge is 0.399 e. The Morgan fingerprint density at radius 2 is 2.00 bits per heavy atom. The van der Waals surface area contributed by atoms with Crippen molar-refractivity contribution in [3.8, 4) is 0 Å². The van der Waals surface area contributed by atoms with Crippen LogP contribution >= 0.6 is 0 Å². The summed E-state index contributed by atoms with van der Waals surface area (Å²) in [5.74, 6) is -0.764. The van der Waals surface area contributed by atoms with Crippen LogP contribution in [0.25, 0.3) is 0 Å². The van der Waals surface area contributed by atoms with Crippen molar-refractivity contribution >= 4 is 27.5 Å². The minimum atomic E-state index is -3.78. The van der Waals surface area contributed by atoms with Crippen molar-refractivity contribution < 1.29 is 18.0 Å². The molecule has 0 aromatic heterocycles. The second-order valence-corrected chi connectivity index (χ2v) is 8.09. The normalized spacial score (nSPS) is 18.5. The molecule has 1 aliphatic rings. The molecule has 0 unspecified atom stereocenters. The molecule has 138 valence electrons. The van der Waals surface area contributed by atoms with Gasteiger partial charge in [-0.1, -0.05) is 0 Å². The zero-order valence-corrected chi connectivity index (χ0v) is 15.2. The maximum Gasteiger partial charge on any atom is 0.252 e. The average Bonchev–Trinajstić information content (AvgIpc) is 2.70. The summed E-state index contributed by atoms with van der Waals surface area (Å²) in [5, 5.41) is 5.39. The van der Waals surface area contributed by atoms with E-state index in [1.807, 2.05) is 0 Å². The van der Waals surface area contributed by atoms with E-state index in [0.29, 0.717) is 13.0 Å². The van der Waals surface area contributed by atoms with Gasteiger partial charge in [-0.05, 0) is 51.3 Å². The third-order valence-electron chi connectivity index (χ3n) is 3.73. The monoisotopic (exact) mass is 368 g/mol. The fraction of sp³-hybridized carbons (Fsp3) is 0.500. The Bertz CT molecular complexity index is 761. The molecule has 1 aliphatic heterocycles. The first-order chi connectivity index (χ1) is 11.7. The number of benzene rings is 1. The summed E-state index contributed by atoms with van der Waals surface area (Å²) in [7, 11) is -3.78. The number of carbonyl (C=O) groups excluding carboxylic acids is 2. The van der Waals surface area contributed by atoms with Gasteiger partial charge in [0.05, 0.1) is 4.90 Å². The van der Waals surface area contributed by atoms with Crippen LogP contribution in [0.1, 0.15) is 43.5 Å². The first kappa shape index (κ1) is 19.2. The van der Waals surface area contributed by atoms with Crippen molar-refractivity contribution in [2.24, 2.45) is 0 Å². The summed E-state index contributed by atoms with van der Waals surface area (Å²) in [6, 6.07) is 3.01. The van der Waals surface area contributed by atoms with Crippen molar-refractivity contribution in [1.82, 2.24) is 15.4 Å². The van der Waals surface area contributed by atoms with Gasteiger partial charge in [-0.2, -0.15) is 0 Å². The Hall–Kier alpha value is -2.13. The van der Waals surface area contributed by atoms with Crippen LogP contribution in [0.4, 0.5) is 5.69 Å². The van der Waals surface area contributed by atoms with Gasteiger partial charge in [-0.25, -0.2) is 13.1 Å². The molecule has 2 amide bonds. The van der Waals surface area contributed by atoms with Gasteiger partial charge >= 0.3 is 0 Å². The Labute approximate surface area is 147 Å². The average molecular weight is 368 g/mol. The van der Waals surface area contributed by atoms with Crippen LogP contribution < -0.4 is 21.1 Å². The molecule has 1 aromatic rings. The molecule has 5 N–H and O–H groups in total. The van der Waals surface area contributed by atoms with E-state index in [1.165, 1.54) is 18.2 Å². The van der Waals surface area contributed by atoms with Gasteiger partial charge in [-0.15, -0.1) is 0 Å². The van der Waals surface area contributed by atoms with E-state index in [0.717, 1.165) is 12.8 Å². The van der Waals surface area contributed by atoms with Gasteiger partial charge < -0.3 is 16.4 Å². The molecule has 0 aliphatic carbocycles. The van der Waals surface area contributed by atoms with Gasteiger partial charge in [-0.3, -0.25) is 9.59 Å². The Morgan fingerprint density at radius 3 is 2.68 bits per heavy atom. The van der Waals surface area contributed by atoms with Crippen LogP contribution in [0.5, 0.6) is 0 Å². The molecule has 0 spiro atoms. The molecule has 1 saturated heterocycles. The van der Waals surface area contributed by atoms with Crippen molar-refractivity contribution in [2.45, 2.75) is 50.1 Å². The maximum absolute atomic E-state index is 12.5. The molecule has 0 saturated carbocycles. The highest BCUT2D eigenvalue weighted by Gasteiger charge is 2.24. The minimum absolute atomic E-state index is 0.0864. The number of nitrogen functional groups attached to an aromatic ring is 1. The summed E-state index contributed by atoms with van der Waals surface area (Å²) in [5.41, 5.74) is 6.01. The summed E-state index contributed by atoms with van der Waals surface area (Å²) in [4.78, 5) is 24.3. The predicted octanol–water partition coefficient (Wildman–Crippen LogP) is 0.354. The predicted molar refractivity (Wildman–Crippen MR) is 94.4 cm³/mol. The third-order valence-corrected chi connectivity index (χ3v) is 5.37. The molecular weight excluding hydrogens is 344 g/mol. The number of hydrogen-bond acceptors (Lipinski definition) is 5. The highest BCUT2D eigenvalue weighted by molar-refractivity contribution is 7.89. The summed E-state index contributed by atoms with van der Waals surface area (Å²) >= 11 is 0. The summed E-state index contributed by atoms with van der Waals surface area (Å²) < 4.78 is 27.0. The highest BCUT2D eigenvalue weighted by Crippen LogP contribution is 2.18. The fourth-order valence-electron chi connectivity index (χ4n) is 2.61. The molecule has 1 atom stereocenters. The SMILES string of the molecule is CC(C)NS(=O)(=O)c1cc(N)cc(C(=O)N[C@H]2CCCCNC2=O)c1. The first-order valence-corrected chi connectivity index (χ1v) is 9.69. The molecule has 1 fully saturated rings. The number of hydrogen-bond donors (Lipinski definition) is 4. The van der Waals surface area contributed by atoms with Crippen molar-refractivity contribution in [2.75, 3.05) is 12.3 Å². The van der Waals surface area contributed by atoms with Crippen LogP contribution in [0.15, 0.2) is 23.1 Å². The summed E-state index contributed by atoms with van der Waals surface area (Å²) in [6.07, 6.45) is 2.22. The van der Waals surface area contributed by atoms with Gasteiger partial charge in [0, 0.05) is 23.8 Å². The second-order valence-electron chi connectivity index (χ2n) is 6.38. The van der Waals surface area contributed by atoms with Gasteiger partial charge in [0.1, 0.15) is 6.04 Å². The molecular formula is C16H24N4O4S. The van der Waals surface area contributed by atoms with E-state index < -0.39 is 22.0 Å². The zero-order valence-electron chi connectivity index (χ0n) is 14.3. The quantitative estimate of drug-likeness (QED) is 0.557. The lowest BCUT2D eigenvalue weighted by molar-refractivity contribution is -0.122. The van der Waals surface area contributed by atoms with Crippen molar-refractivity contribution in [1.29, 1.82) is 0 Å². The maximum atomic E-state index is 12.5. The topological polar surface area (TPSA) is 130 Å². The number of amides is 2. The molecule has 0 radical (unpaired) electrons. The number of anilines is 1. The number of carbonyl (C=O) groups is 2. The van der Waals surface area contributed by atoms with Gasteiger partial charge in [0.25, 0.3) is 5.91 Å². The molecule has 25 heavy (non-hydrogen) atoms. The minimum Gasteiger partial charge on any atom is -0.399 e. The Balaban J connectivity index is 2.24. The smallest absolute Gasteiger partial charge is 0.252 e.